The summed E-state index contributed by atoms with van der Waals surface area (Å²) in [6, 6.07) is 8.30. The predicted molar refractivity (Wildman–Crippen MR) is 103 cm³/mol. The highest BCUT2D eigenvalue weighted by Gasteiger charge is 2.16. The molecule has 1 aliphatic rings. The quantitative estimate of drug-likeness (QED) is 0.772. The van der Waals surface area contributed by atoms with Crippen molar-refractivity contribution >= 4 is 6.03 Å². The Morgan fingerprint density at radius 2 is 2.00 bits per heavy atom. The molecule has 2 heterocycles. The number of hydrogen-bond donors (Lipinski definition) is 1. The van der Waals surface area contributed by atoms with Gasteiger partial charge in [-0.2, -0.15) is 4.98 Å². The second-order valence-electron chi connectivity index (χ2n) is 7.05. The third-order valence-electron chi connectivity index (χ3n) is 4.90. The Morgan fingerprint density at radius 1 is 1.26 bits per heavy atom. The largest absolute Gasteiger partial charge is 0.339 e. The number of urea groups is 1. The van der Waals surface area contributed by atoms with Gasteiger partial charge in [-0.1, -0.05) is 36.3 Å². The van der Waals surface area contributed by atoms with E-state index in [4.69, 9.17) is 4.52 Å². The van der Waals surface area contributed by atoms with E-state index in [0.29, 0.717) is 31.2 Å². The molecule has 0 spiro atoms. The summed E-state index contributed by atoms with van der Waals surface area (Å²) in [5.74, 6) is 1.26. The Hall–Kier alpha value is -2.41. The molecule has 7 heteroatoms. The first-order valence-corrected chi connectivity index (χ1v) is 9.75. The van der Waals surface area contributed by atoms with Crippen LogP contribution in [0.5, 0.6) is 0 Å². The van der Waals surface area contributed by atoms with Gasteiger partial charge in [0.25, 0.3) is 0 Å². The first kappa shape index (κ1) is 19.4. The van der Waals surface area contributed by atoms with Gasteiger partial charge in [0.2, 0.25) is 5.89 Å². The predicted octanol–water partition coefficient (Wildman–Crippen LogP) is 2.61. The fourth-order valence-corrected chi connectivity index (χ4v) is 3.33. The molecule has 1 aromatic carbocycles. The zero-order valence-corrected chi connectivity index (χ0v) is 16.3. The minimum absolute atomic E-state index is 0.0924. The van der Waals surface area contributed by atoms with Gasteiger partial charge in [0.15, 0.2) is 5.82 Å². The first-order chi connectivity index (χ1) is 13.2. The number of carbonyl (C=O) groups is 1. The second-order valence-corrected chi connectivity index (χ2v) is 7.05. The average Bonchev–Trinajstić information content (AvgIpc) is 3.35. The topological polar surface area (TPSA) is 74.5 Å². The van der Waals surface area contributed by atoms with Gasteiger partial charge in [-0.3, -0.25) is 4.90 Å². The number of nitrogens with zero attached hydrogens (tertiary/aromatic N) is 4. The summed E-state index contributed by atoms with van der Waals surface area (Å²) in [6.45, 7) is 6.35. The lowest BCUT2D eigenvalue weighted by Crippen LogP contribution is -2.38. The standard InChI is InChI=1S/C20H29N5O2/c1-3-19-22-18(23-27-19)10-11-21-20(26)24(2)14-16-8-4-5-9-17(16)15-25-12-6-7-13-25/h4-5,8-9H,3,6-7,10-15H2,1-2H3,(H,21,26). The molecule has 0 unspecified atom stereocenters. The number of amides is 2. The van der Waals surface area contributed by atoms with E-state index in [-0.39, 0.29) is 6.03 Å². The molecular formula is C20H29N5O2. The summed E-state index contributed by atoms with van der Waals surface area (Å²) in [7, 11) is 1.82. The number of aromatic nitrogens is 2. The molecule has 1 N–H and O–H groups in total. The van der Waals surface area contributed by atoms with Crippen molar-refractivity contribution in [2.24, 2.45) is 0 Å². The van der Waals surface area contributed by atoms with Crippen LogP contribution in [0.3, 0.4) is 0 Å². The van der Waals surface area contributed by atoms with Crippen molar-refractivity contribution in [1.82, 2.24) is 25.3 Å². The molecule has 7 nitrogen and oxygen atoms in total. The minimum atomic E-state index is -0.0924. The maximum Gasteiger partial charge on any atom is 0.317 e. The highest BCUT2D eigenvalue weighted by atomic mass is 16.5. The molecule has 0 saturated carbocycles. The fraction of sp³-hybridized carbons (Fsp3) is 0.550. The number of benzene rings is 1. The Bertz CT molecular complexity index is 739. The average molecular weight is 371 g/mol. The summed E-state index contributed by atoms with van der Waals surface area (Å²) >= 11 is 0. The molecule has 0 aliphatic carbocycles. The van der Waals surface area contributed by atoms with Crippen LogP contribution in [0.25, 0.3) is 0 Å². The van der Waals surface area contributed by atoms with Crippen LogP contribution in [0.15, 0.2) is 28.8 Å². The molecule has 27 heavy (non-hydrogen) atoms. The summed E-state index contributed by atoms with van der Waals surface area (Å²) in [5, 5.41) is 6.83. The van der Waals surface area contributed by atoms with E-state index in [2.05, 4.69) is 38.6 Å². The zero-order chi connectivity index (χ0) is 19.1. The van der Waals surface area contributed by atoms with Crippen LogP contribution in [0, 0.1) is 0 Å². The third kappa shape index (κ3) is 5.53. The summed E-state index contributed by atoms with van der Waals surface area (Å²) in [6.07, 6.45) is 3.85. The van der Waals surface area contributed by atoms with Crippen molar-refractivity contribution in [1.29, 1.82) is 0 Å². The lowest BCUT2D eigenvalue weighted by Gasteiger charge is -2.22. The van der Waals surface area contributed by atoms with Crippen LogP contribution in [0.1, 0.15) is 42.6 Å². The third-order valence-corrected chi connectivity index (χ3v) is 4.90. The van der Waals surface area contributed by atoms with Crippen molar-refractivity contribution in [2.75, 3.05) is 26.7 Å². The summed E-state index contributed by atoms with van der Waals surface area (Å²) in [5.41, 5.74) is 2.51. The van der Waals surface area contributed by atoms with E-state index >= 15 is 0 Å². The number of likely N-dealkylation sites (tertiary alicyclic amines) is 1. The SMILES string of the molecule is CCc1nc(CCNC(=O)N(C)Cc2ccccc2CN2CCCC2)no1. The lowest BCUT2D eigenvalue weighted by molar-refractivity contribution is 0.206. The van der Waals surface area contributed by atoms with Gasteiger partial charge in [0.05, 0.1) is 0 Å². The van der Waals surface area contributed by atoms with Gasteiger partial charge in [-0.05, 0) is 37.1 Å². The summed E-state index contributed by atoms with van der Waals surface area (Å²) < 4.78 is 5.08. The maximum atomic E-state index is 12.4. The highest BCUT2D eigenvalue weighted by molar-refractivity contribution is 5.73. The molecule has 1 aromatic heterocycles. The van der Waals surface area contributed by atoms with Gasteiger partial charge in [-0.25, -0.2) is 4.79 Å². The Labute approximate surface area is 160 Å². The van der Waals surface area contributed by atoms with E-state index in [1.54, 1.807) is 4.90 Å². The van der Waals surface area contributed by atoms with Crippen molar-refractivity contribution < 1.29 is 9.32 Å². The van der Waals surface area contributed by atoms with E-state index in [9.17, 15) is 4.79 Å². The van der Waals surface area contributed by atoms with Crippen LogP contribution in [0.2, 0.25) is 0 Å². The monoisotopic (exact) mass is 371 g/mol. The number of carbonyl (C=O) groups excluding carboxylic acids is 1. The Balaban J connectivity index is 1.48. The van der Waals surface area contributed by atoms with E-state index in [0.717, 1.165) is 13.0 Å². The lowest BCUT2D eigenvalue weighted by atomic mass is 10.1. The van der Waals surface area contributed by atoms with E-state index in [1.165, 1.54) is 37.1 Å². The Kier molecular flexibility index (Phi) is 6.81. The van der Waals surface area contributed by atoms with Crippen molar-refractivity contribution in [3.8, 4) is 0 Å². The molecule has 1 fully saturated rings. The molecule has 3 rings (SSSR count). The first-order valence-electron chi connectivity index (χ1n) is 9.75. The molecule has 0 atom stereocenters. The Morgan fingerprint density at radius 3 is 2.70 bits per heavy atom. The number of nitrogens with one attached hydrogen (secondary N) is 1. The molecule has 2 amide bonds. The minimum Gasteiger partial charge on any atom is -0.339 e. The molecule has 0 radical (unpaired) electrons. The van der Waals surface area contributed by atoms with E-state index in [1.807, 2.05) is 20.0 Å². The molecule has 2 aromatic rings. The van der Waals surface area contributed by atoms with Crippen molar-refractivity contribution in [2.45, 2.75) is 45.7 Å². The van der Waals surface area contributed by atoms with Gasteiger partial charge < -0.3 is 14.7 Å². The van der Waals surface area contributed by atoms with Gasteiger partial charge >= 0.3 is 6.03 Å². The number of aryl methyl sites for hydroxylation is 1. The summed E-state index contributed by atoms with van der Waals surface area (Å²) in [4.78, 5) is 20.8. The van der Waals surface area contributed by atoms with Crippen LogP contribution < -0.4 is 5.32 Å². The normalized spacial score (nSPS) is 14.4. The fourth-order valence-electron chi connectivity index (χ4n) is 3.33. The number of hydrogen-bond acceptors (Lipinski definition) is 5. The maximum absolute atomic E-state index is 12.4. The van der Waals surface area contributed by atoms with Gasteiger partial charge in [0, 0.05) is 39.5 Å². The second kappa shape index (κ2) is 9.50. The highest BCUT2D eigenvalue weighted by Crippen LogP contribution is 2.17. The van der Waals surface area contributed by atoms with Crippen LogP contribution >= 0.6 is 0 Å². The van der Waals surface area contributed by atoms with E-state index < -0.39 is 0 Å². The van der Waals surface area contributed by atoms with Crippen LogP contribution in [-0.4, -0.2) is 52.7 Å². The number of rotatable bonds is 8. The smallest absolute Gasteiger partial charge is 0.317 e. The molecule has 0 bridgehead atoms. The van der Waals surface area contributed by atoms with Crippen molar-refractivity contribution in [3.63, 3.8) is 0 Å². The van der Waals surface area contributed by atoms with Crippen molar-refractivity contribution in [3.05, 3.63) is 47.1 Å². The van der Waals surface area contributed by atoms with Gasteiger partial charge in [0.1, 0.15) is 0 Å². The van der Waals surface area contributed by atoms with Crippen LogP contribution in [-0.2, 0) is 25.9 Å². The molecule has 146 valence electrons. The molecule has 1 saturated heterocycles. The van der Waals surface area contributed by atoms with Gasteiger partial charge in [-0.15, -0.1) is 0 Å². The van der Waals surface area contributed by atoms with Crippen LogP contribution in [0.4, 0.5) is 4.79 Å². The molecule has 1 aliphatic heterocycles. The zero-order valence-electron chi connectivity index (χ0n) is 16.3. The molecular weight excluding hydrogens is 342 g/mol.